The molecular weight excluding hydrogens is 282 g/mol. The number of hydrogen-bond acceptors (Lipinski definition) is 3. The molecule has 1 heterocycles. The summed E-state index contributed by atoms with van der Waals surface area (Å²) in [5.74, 6) is 0. The van der Waals surface area contributed by atoms with E-state index >= 15 is 0 Å². The SMILES string of the molecule is NCCCNCCCN1CCCCC=CCC=CCCCCC1. The van der Waals surface area contributed by atoms with Crippen molar-refractivity contribution in [1.29, 1.82) is 0 Å². The van der Waals surface area contributed by atoms with Gasteiger partial charge in [0, 0.05) is 0 Å². The highest BCUT2D eigenvalue weighted by Crippen LogP contribution is 2.07. The zero-order chi connectivity index (χ0) is 16.4. The van der Waals surface area contributed by atoms with Crippen molar-refractivity contribution in [3.63, 3.8) is 0 Å². The first-order valence-electron chi connectivity index (χ1n) is 9.86. The number of allylic oxidation sites excluding steroid dienone is 4. The van der Waals surface area contributed by atoms with Gasteiger partial charge in [-0.25, -0.2) is 0 Å². The van der Waals surface area contributed by atoms with Gasteiger partial charge in [-0.2, -0.15) is 0 Å². The van der Waals surface area contributed by atoms with Crippen molar-refractivity contribution in [3.05, 3.63) is 24.3 Å². The Kier molecular flexibility index (Phi) is 14.4. The van der Waals surface area contributed by atoms with Crippen LogP contribution in [-0.4, -0.2) is 44.2 Å². The van der Waals surface area contributed by atoms with Crippen LogP contribution < -0.4 is 11.1 Å². The number of hydrogen-bond donors (Lipinski definition) is 2. The Bertz CT molecular complexity index is 299. The average molecular weight is 322 g/mol. The number of nitrogens with one attached hydrogen (secondary N) is 1. The monoisotopic (exact) mass is 321 g/mol. The molecule has 0 aromatic carbocycles. The molecule has 3 heteroatoms. The third-order valence-corrected chi connectivity index (χ3v) is 4.43. The highest BCUT2D eigenvalue weighted by Gasteiger charge is 2.04. The molecule has 3 N–H and O–H groups in total. The number of nitrogens with zero attached hydrogens (tertiary/aromatic N) is 1. The van der Waals surface area contributed by atoms with Crippen LogP contribution in [0.2, 0.25) is 0 Å². The molecule has 1 rings (SSSR count). The first kappa shape index (κ1) is 20.4. The van der Waals surface area contributed by atoms with E-state index in [2.05, 4.69) is 34.5 Å². The molecule has 0 atom stereocenters. The van der Waals surface area contributed by atoms with Gasteiger partial charge in [-0.15, -0.1) is 0 Å². The quantitative estimate of drug-likeness (QED) is 0.552. The van der Waals surface area contributed by atoms with Gasteiger partial charge in [0.1, 0.15) is 0 Å². The summed E-state index contributed by atoms with van der Waals surface area (Å²) in [6.07, 6.45) is 22.0. The van der Waals surface area contributed by atoms with Gasteiger partial charge in [-0.3, -0.25) is 0 Å². The van der Waals surface area contributed by atoms with Gasteiger partial charge >= 0.3 is 0 Å². The summed E-state index contributed by atoms with van der Waals surface area (Å²) < 4.78 is 0. The molecule has 134 valence electrons. The fourth-order valence-electron chi connectivity index (χ4n) is 2.99. The zero-order valence-corrected chi connectivity index (χ0v) is 15.1. The summed E-state index contributed by atoms with van der Waals surface area (Å²) in [4.78, 5) is 2.68. The molecule has 0 saturated carbocycles. The van der Waals surface area contributed by atoms with Crippen molar-refractivity contribution < 1.29 is 0 Å². The lowest BCUT2D eigenvalue weighted by Crippen LogP contribution is -2.30. The van der Waals surface area contributed by atoms with Gasteiger partial charge in [0.2, 0.25) is 0 Å². The second kappa shape index (κ2) is 16.2. The van der Waals surface area contributed by atoms with Crippen LogP contribution in [0, 0.1) is 0 Å². The molecule has 0 aromatic rings. The fourth-order valence-corrected chi connectivity index (χ4v) is 2.99. The molecule has 0 amide bonds. The Balaban J connectivity index is 2.21. The first-order chi connectivity index (χ1) is 11.4. The standard InChI is InChI=1S/C20H39N3/c21-15-13-16-22-17-14-20-23-18-11-9-7-5-3-1-2-4-6-8-10-12-19-23/h1,3-4,6,22H,2,5,7-21H2. The Hall–Kier alpha value is -0.640. The number of nitrogens with two attached hydrogens (primary N) is 1. The molecule has 0 aromatic heterocycles. The molecule has 3 nitrogen and oxygen atoms in total. The maximum atomic E-state index is 5.52. The van der Waals surface area contributed by atoms with E-state index in [9.17, 15) is 0 Å². The average Bonchev–Trinajstić information content (AvgIpc) is 2.57. The maximum absolute atomic E-state index is 5.52. The third kappa shape index (κ3) is 13.5. The van der Waals surface area contributed by atoms with Crippen molar-refractivity contribution in [2.24, 2.45) is 5.73 Å². The minimum Gasteiger partial charge on any atom is -0.330 e. The molecule has 0 fully saturated rings. The van der Waals surface area contributed by atoms with Crippen LogP contribution in [-0.2, 0) is 0 Å². The predicted molar refractivity (Wildman–Crippen MR) is 103 cm³/mol. The van der Waals surface area contributed by atoms with Crippen molar-refractivity contribution >= 4 is 0 Å². The van der Waals surface area contributed by atoms with E-state index in [4.69, 9.17) is 5.73 Å². The van der Waals surface area contributed by atoms with Crippen LogP contribution in [0.25, 0.3) is 0 Å². The molecule has 0 bridgehead atoms. The predicted octanol–water partition coefficient (Wildman–Crippen LogP) is 3.86. The van der Waals surface area contributed by atoms with E-state index in [0.29, 0.717) is 0 Å². The van der Waals surface area contributed by atoms with Gasteiger partial charge in [-0.05, 0) is 97.1 Å². The van der Waals surface area contributed by atoms with Crippen LogP contribution in [0.3, 0.4) is 0 Å². The Morgan fingerprint density at radius 1 is 0.783 bits per heavy atom. The molecular formula is C20H39N3. The topological polar surface area (TPSA) is 41.3 Å². The Labute approximate surface area is 144 Å². The van der Waals surface area contributed by atoms with Crippen LogP contribution >= 0.6 is 0 Å². The van der Waals surface area contributed by atoms with Crippen molar-refractivity contribution in [3.8, 4) is 0 Å². The van der Waals surface area contributed by atoms with Gasteiger partial charge in [0.05, 0.1) is 0 Å². The third-order valence-electron chi connectivity index (χ3n) is 4.43. The smallest absolute Gasteiger partial charge is 0.000664 e. The molecule has 1 aliphatic rings. The van der Waals surface area contributed by atoms with Crippen molar-refractivity contribution in [2.45, 2.75) is 64.2 Å². The lowest BCUT2D eigenvalue weighted by atomic mass is 10.1. The molecule has 0 aliphatic carbocycles. The van der Waals surface area contributed by atoms with E-state index in [1.165, 1.54) is 71.0 Å². The lowest BCUT2D eigenvalue weighted by molar-refractivity contribution is 0.258. The summed E-state index contributed by atoms with van der Waals surface area (Å²) in [5, 5.41) is 3.49. The Morgan fingerprint density at radius 3 is 2.17 bits per heavy atom. The maximum Gasteiger partial charge on any atom is -0.000664 e. The normalized spacial score (nSPS) is 19.3. The second-order valence-electron chi connectivity index (χ2n) is 6.61. The van der Waals surface area contributed by atoms with E-state index in [0.717, 1.165) is 32.5 Å². The van der Waals surface area contributed by atoms with Gasteiger partial charge < -0.3 is 16.0 Å². The molecule has 0 saturated heterocycles. The molecule has 0 spiro atoms. The first-order valence-corrected chi connectivity index (χ1v) is 9.86. The van der Waals surface area contributed by atoms with Crippen LogP contribution in [0.1, 0.15) is 64.2 Å². The fraction of sp³-hybridized carbons (Fsp3) is 0.800. The summed E-state index contributed by atoms with van der Waals surface area (Å²) in [6.45, 7) is 6.78. The highest BCUT2D eigenvalue weighted by molar-refractivity contribution is 4.92. The van der Waals surface area contributed by atoms with E-state index < -0.39 is 0 Å². The Morgan fingerprint density at radius 2 is 1.43 bits per heavy atom. The van der Waals surface area contributed by atoms with Gasteiger partial charge in [-0.1, -0.05) is 30.7 Å². The van der Waals surface area contributed by atoms with Gasteiger partial charge in [0.15, 0.2) is 0 Å². The van der Waals surface area contributed by atoms with Crippen LogP contribution in [0.5, 0.6) is 0 Å². The highest BCUT2D eigenvalue weighted by atomic mass is 15.1. The van der Waals surface area contributed by atoms with E-state index in [1.807, 2.05) is 0 Å². The number of rotatable bonds is 7. The van der Waals surface area contributed by atoms with Crippen molar-refractivity contribution in [1.82, 2.24) is 10.2 Å². The van der Waals surface area contributed by atoms with Crippen LogP contribution in [0.15, 0.2) is 24.3 Å². The summed E-state index contributed by atoms with van der Waals surface area (Å²) in [6, 6.07) is 0. The minimum absolute atomic E-state index is 0.794. The largest absolute Gasteiger partial charge is 0.330 e. The zero-order valence-electron chi connectivity index (χ0n) is 15.1. The molecule has 0 radical (unpaired) electrons. The summed E-state index contributed by atoms with van der Waals surface area (Å²) in [5.41, 5.74) is 5.52. The summed E-state index contributed by atoms with van der Waals surface area (Å²) >= 11 is 0. The van der Waals surface area contributed by atoms with Crippen LogP contribution in [0.4, 0.5) is 0 Å². The molecule has 1 aliphatic heterocycles. The lowest BCUT2D eigenvalue weighted by Gasteiger charge is -2.22. The minimum atomic E-state index is 0.794. The molecule has 0 unspecified atom stereocenters. The second-order valence-corrected chi connectivity index (χ2v) is 6.61. The van der Waals surface area contributed by atoms with Crippen molar-refractivity contribution in [2.75, 3.05) is 39.3 Å². The molecule has 23 heavy (non-hydrogen) atoms. The van der Waals surface area contributed by atoms with Gasteiger partial charge in [0.25, 0.3) is 0 Å². The van der Waals surface area contributed by atoms with E-state index in [1.54, 1.807) is 0 Å². The summed E-state index contributed by atoms with van der Waals surface area (Å²) in [7, 11) is 0. The van der Waals surface area contributed by atoms with E-state index in [-0.39, 0.29) is 0 Å².